The van der Waals surface area contributed by atoms with E-state index in [1.807, 2.05) is 42.2 Å². The number of hydrogen-bond acceptors (Lipinski definition) is 5. The van der Waals surface area contributed by atoms with E-state index >= 15 is 0 Å². The second-order valence-electron chi connectivity index (χ2n) is 9.85. The minimum absolute atomic E-state index is 0.00608. The van der Waals surface area contributed by atoms with Gasteiger partial charge in [-0.2, -0.15) is 0 Å². The second-order valence-corrected chi connectivity index (χ2v) is 11.6. The summed E-state index contributed by atoms with van der Waals surface area (Å²) in [5.74, 6) is 0.140. The van der Waals surface area contributed by atoms with Gasteiger partial charge < -0.3 is 19.7 Å². The first kappa shape index (κ1) is 25.0. The number of sulfonamides is 1. The molecule has 2 heterocycles. The lowest BCUT2D eigenvalue weighted by molar-refractivity contribution is -0.140. The highest BCUT2D eigenvalue weighted by atomic mass is 32.2. The number of nitrogens with one attached hydrogen (secondary N) is 2. The number of aliphatic hydroxyl groups is 1. The molecule has 36 heavy (non-hydrogen) atoms. The molecule has 0 bridgehead atoms. The van der Waals surface area contributed by atoms with Gasteiger partial charge in [-0.3, -0.25) is 4.79 Å². The van der Waals surface area contributed by atoms with E-state index in [0.717, 1.165) is 33.3 Å². The van der Waals surface area contributed by atoms with E-state index in [0.29, 0.717) is 52.0 Å². The molecule has 5 rings (SSSR count). The first-order chi connectivity index (χ1) is 17.3. The number of fused-ring (bicyclic) bond motifs is 1. The van der Waals surface area contributed by atoms with Crippen molar-refractivity contribution >= 4 is 26.8 Å². The minimum atomic E-state index is -3.69. The average Bonchev–Trinajstić information content (AvgIpc) is 3.32. The lowest BCUT2D eigenvalue weighted by Gasteiger charge is -2.34. The van der Waals surface area contributed by atoms with Gasteiger partial charge in [-0.05, 0) is 61.9 Å². The number of H-pyrrole nitrogens is 1. The van der Waals surface area contributed by atoms with Crippen molar-refractivity contribution in [1.29, 1.82) is 0 Å². The average molecular weight is 512 g/mol. The van der Waals surface area contributed by atoms with Gasteiger partial charge in [0.2, 0.25) is 15.9 Å². The predicted molar refractivity (Wildman–Crippen MR) is 138 cm³/mol. The van der Waals surface area contributed by atoms with Crippen molar-refractivity contribution in [3.8, 4) is 11.3 Å². The summed E-state index contributed by atoms with van der Waals surface area (Å²) in [7, 11) is -3.69. The van der Waals surface area contributed by atoms with Crippen LogP contribution in [0.2, 0.25) is 0 Å². The molecule has 1 amide bonds. The highest BCUT2D eigenvalue weighted by Crippen LogP contribution is 2.30. The van der Waals surface area contributed by atoms with Crippen LogP contribution in [-0.4, -0.2) is 61.7 Å². The number of rotatable bonds is 6. The number of nitrogens with zero attached hydrogens (tertiary/aromatic N) is 1. The van der Waals surface area contributed by atoms with E-state index in [2.05, 4.69) is 9.71 Å². The van der Waals surface area contributed by atoms with Crippen LogP contribution in [-0.2, 0) is 26.2 Å². The zero-order valence-corrected chi connectivity index (χ0v) is 21.3. The smallest absolute Gasteiger partial charge is 0.240 e. The van der Waals surface area contributed by atoms with Crippen LogP contribution in [0.15, 0.2) is 47.4 Å². The number of ether oxygens (including phenoxy) is 1. The zero-order chi connectivity index (χ0) is 25.3. The van der Waals surface area contributed by atoms with Gasteiger partial charge in [0.05, 0.1) is 24.7 Å². The number of morpholine rings is 1. The van der Waals surface area contributed by atoms with Gasteiger partial charge in [0, 0.05) is 47.2 Å². The first-order valence-electron chi connectivity index (χ1n) is 12.6. The van der Waals surface area contributed by atoms with E-state index in [9.17, 15) is 18.3 Å². The summed E-state index contributed by atoms with van der Waals surface area (Å²) in [4.78, 5) is 18.2. The highest BCUT2D eigenvalue weighted by molar-refractivity contribution is 7.89. The van der Waals surface area contributed by atoms with Crippen LogP contribution in [0.25, 0.3) is 22.2 Å². The molecule has 192 valence electrons. The summed E-state index contributed by atoms with van der Waals surface area (Å²) in [6.45, 7) is 4.44. The van der Waals surface area contributed by atoms with E-state index in [-0.39, 0.29) is 29.4 Å². The molecule has 9 heteroatoms. The van der Waals surface area contributed by atoms with Crippen molar-refractivity contribution in [3.63, 3.8) is 0 Å². The lowest BCUT2D eigenvalue weighted by Crippen LogP contribution is -2.46. The van der Waals surface area contributed by atoms with Crippen LogP contribution in [0.4, 0.5) is 0 Å². The zero-order valence-electron chi connectivity index (χ0n) is 20.5. The molecule has 3 aromatic rings. The number of aliphatic hydroxyl groups excluding tert-OH is 1. The topological polar surface area (TPSA) is 112 Å². The van der Waals surface area contributed by atoms with Crippen LogP contribution >= 0.6 is 0 Å². The predicted octanol–water partition coefficient (Wildman–Crippen LogP) is 3.33. The number of aromatic amines is 1. The number of amides is 1. The Morgan fingerprint density at radius 2 is 1.83 bits per heavy atom. The molecule has 0 unspecified atom stereocenters. The maximum Gasteiger partial charge on any atom is 0.240 e. The van der Waals surface area contributed by atoms with Crippen LogP contribution < -0.4 is 4.72 Å². The van der Waals surface area contributed by atoms with E-state index in [1.165, 1.54) is 0 Å². The van der Waals surface area contributed by atoms with Gasteiger partial charge in [0.25, 0.3) is 0 Å². The third-order valence-electron chi connectivity index (χ3n) is 7.39. The fourth-order valence-corrected chi connectivity index (χ4v) is 6.66. The molecule has 1 aromatic heterocycles. The molecule has 1 aliphatic carbocycles. The number of benzene rings is 2. The van der Waals surface area contributed by atoms with Crippen LogP contribution in [0.5, 0.6) is 0 Å². The maximum atomic E-state index is 13.2. The maximum absolute atomic E-state index is 13.2. The van der Waals surface area contributed by atoms with Gasteiger partial charge >= 0.3 is 0 Å². The fraction of sp³-hybridized carbons (Fsp3) is 0.444. The molecule has 2 aromatic carbocycles. The van der Waals surface area contributed by atoms with Gasteiger partial charge in [-0.15, -0.1) is 0 Å². The molecular formula is C27H33N3O5S. The molecule has 0 spiro atoms. The fourth-order valence-electron chi connectivity index (χ4n) is 5.33. The summed E-state index contributed by atoms with van der Waals surface area (Å²) in [5.41, 5.74) is 4.54. The third-order valence-corrected chi connectivity index (χ3v) is 8.91. The van der Waals surface area contributed by atoms with Crippen LogP contribution in [0.3, 0.4) is 0 Å². The summed E-state index contributed by atoms with van der Waals surface area (Å²) in [6, 6.07) is 12.8. The summed E-state index contributed by atoms with van der Waals surface area (Å²) >= 11 is 0. The van der Waals surface area contributed by atoms with Crippen LogP contribution in [0, 0.1) is 12.8 Å². The Morgan fingerprint density at radius 3 is 2.53 bits per heavy atom. The molecule has 1 saturated carbocycles. The third kappa shape index (κ3) is 5.20. The number of aromatic nitrogens is 1. The van der Waals surface area contributed by atoms with Crippen LogP contribution in [0.1, 0.15) is 36.8 Å². The van der Waals surface area contributed by atoms with Crippen molar-refractivity contribution in [2.75, 3.05) is 26.3 Å². The normalized spacial score (nSPS) is 21.1. The van der Waals surface area contributed by atoms with E-state index in [4.69, 9.17) is 4.74 Å². The van der Waals surface area contributed by atoms with Gasteiger partial charge in [-0.25, -0.2) is 13.1 Å². The Balaban J connectivity index is 1.26. The summed E-state index contributed by atoms with van der Waals surface area (Å²) in [5, 5.41) is 10.3. The molecule has 0 atom stereocenters. The van der Waals surface area contributed by atoms with Crippen molar-refractivity contribution < 1.29 is 23.1 Å². The Labute approximate surface area is 211 Å². The molecule has 3 N–H and O–H groups in total. The molecular weight excluding hydrogens is 478 g/mol. The number of aryl methyl sites for hydroxylation is 1. The highest BCUT2D eigenvalue weighted by Gasteiger charge is 2.32. The van der Waals surface area contributed by atoms with Gasteiger partial charge in [0.15, 0.2) is 0 Å². The van der Waals surface area contributed by atoms with Crippen molar-refractivity contribution in [1.82, 2.24) is 14.6 Å². The van der Waals surface area contributed by atoms with Crippen molar-refractivity contribution in [3.05, 3.63) is 53.6 Å². The standard InChI is InChI=1S/C27H33N3O5S/c1-18-14-19(17-31)2-9-24(18)26-15-21-5-8-23(16-25(21)28-26)36(33,34)29-22-6-3-20(4-7-22)27(32)30-10-12-35-13-11-30/h2,5,8-9,14-16,20,22,28-29,31H,3-4,6-7,10-13,17H2,1H3. The quantitative estimate of drug-likeness (QED) is 0.470. The number of carbonyl (C=O) groups is 1. The molecule has 8 nitrogen and oxygen atoms in total. The number of carbonyl (C=O) groups excluding carboxylic acids is 1. The monoisotopic (exact) mass is 511 g/mol. The molecule has 2 fully saturated rings. The van der Waals surface area contributed by atoms with E-state index < -0.39 is 10.0 Å². The lowest BCUT2D eigenvalue weighted by atomic mass is 9.85. The second kappa shape index (κ2) is 10.3. The summed E-state index contributed by atoms with van der Waals surface area (Å²) in [6.07, 6.45) is 2.68. The molecule has 1 aliphatic heterocycles. The Kier molecular flexibility index (Phi) is 7.16. The molecule has 1 saturated heterocycles. The van der Waals surface area contributed by atoms with E-state index in [1.54, 1.807) is 12.1 Å². The largest absolute Gasteiger partial charge is 0.392 e. The minimum Gasteiger partial charge on any atom is -0.392 e. The Bertz CT molecular complexity index is 1350. The SMILES string of the molecule is Cc1cc(CO)ccc1-c1cc2ccc(S(=O)(=O)NC3CCC(C(=O)N4CCOCC4)CC3)cc2[nH]1. The Morgan fingerprint density at radius 1 is 1.08 bits per heavy atom. The van der Waals surface area contributed by atoms with Crippen molar-refractivity contribution in [2.45, 2.75) is 50.2 Å². The van der Waals surface area contributed by atoms with Gasteiger partial charge in [0.1, 0.15) is 0 Å². The first-order valence-corrected chi connectivity index (χ1v) is 14.0. The molecule has 0 radical (unpaired) electrons. The summed E-state index contributed by atoms with van der Waals surface area (Å²) < 4.78 is 34.5. The molecule has 2 aliphatic rings. The Hall–Kier alpha value is -2.72. The van der Waals surface area contributed by atoms with Gasteiger partial charge in [-0.1, -0.05) is 24.3 Å². The number of hydrogen-bond donors (Lipinski definition) is 3. The van der Waals surface area contributed by atoms with Crippen molar-refractivity contribution in [2.24, 2.45) is 5.92 Å².